The van der Waals surface area contributed by atoms with Crippen molar-refractivity contribution in [2.24, 2.45) is 0 Å². The second-order valence-electron chi connectivity index (χ2n) is 7.98. The third kappa shape index (κ3) is 4.37. The van der Waals surface area contributed by atoms with Gasteiger partial charge in [0, 0.05) is 23.3 Å². The summed E-state index contributed by atoms with van der Waals surface area (Å²) in [5.74, 6) is 0.148. The number of nitrogens with zero attached hydrogens (tertiary/aromatic N) is 5. The maximum atomic E-state index is 13.6. The largest absolute Gasteiger partial charge is 0.392 e. The number of hydrogen-bond donors (Lipinski definition) is 2. The topological polar surface area (TPSA) is 88.2 Å². The molecular formula is C26H19FN6OS2. The van der Waals surface area contributed by atoms with Crippen molar-refractivity contribution >= 4 is 34.3 Å². The maximum Gasteiger partial charge on any atom is 0.223 e. The number of anilines is 1. The van der Waals surface area contributed by atoms with Gasteiger partial charge in [-0.1, -0.05) is 6.07 Å². The van der Waals surface area contributed by atoms with Crippen molar-refractivity contribution in [1.82, 2.24) is 24.3 Å². The van der Waals surface area contributed by atoms with Gasteiger partial charge in [-0.15, -0.1) is 22.7 Å². The lowest BCUT2D eigenvalue weighted by Gasteiger charge is -2.08. The summed E-state index contributed by atoms with van der Waals surface area (Å²) in [6, 6.07) is 15.8. The van der Waals surface area contributed by atoms with Gasteiger partial charge in [-0.2, -0.15) is 0 Å². The molecule has 7 nitrogen and oxygen atoms in total. The number of thiazole rings is 1. The number of aromatic nitrogens is 5. The molecule has 0 bridgehead atoms. The Morgan fingerprint density at radius 1 is 1.00 bits per heavy atom. The average molecular weight is 515 g/mol. The molecule has 178 valence electrons. The van der Waals surface area contributed by atoms with Gasteiger partial charge in [-0.3, -0.25) is 4.40 Å². The Bertz CT molecular complexity index is 1640. The quantitative estimate of drug-likeness (QED) is 0.276. The molecule has 1 aromatic carbocycles. The molecule has 0 amide bonds. The molecule has 0 spiro atoms. The van der Waals surface area contributed by atoms with Crippen molar-refractivity contribution in [3.63, 3.8) is 0 Å². The molecular weight excluding hydrogens is 495 g/mol. The summed E-state index contributed by atoms with van der Waals surface area (Å²) in [5.41, 5.74) is 5.16. The number of thiophene rings is 1. The van der Waals surface area contributed by atoms with Crippen molar-refractivity contribution in [2.75, 3.05) is 5.32 Å². The van der Waals surface area contributed by atoms with Gasteiger partial charge < -0.3 is 10.4 Å². The zero-order valence-corrected chi connectivity index (χ0v) is 20.4. The van der Waals surface area contributed by atoms with Crippen LogP contribution in [0.25, 0.3) is 38.2 Å². The normalized spacial score (nSPS) is 11.3. The van der Waals surface area contributed by atoms with Crippen molar-refractivity contribution in [3.05, 3.63) is 94.8 Å². The van der Waals surface area contributed by atoms with E-state index in [9.17, 15) is 9.50 Å². The lowest BCUT2D eigenvalue weighted by molar-refractivity contribution is 0.282. The van der Waals surface area contributed by atoms with Crippen molar-refractivity contribution in [3.8, 4) is 32.5 Å². The summed E-state index contributed by atoms with van der Waals surface area (Å²) in [4.78, 5) is 19.8. The SMILES string of the molecule is OCc1ccn2c(-c3ccnc(NCc4csc(-c5cccs5)n4)n3)c(-c3ccc(F)cc3)nc2c1. The van der Waals surface area contributed by atoms with Gasteiger partial charge >= 0.3 is 0 Å². The van der Waals surface area contributed by atoms with E-state index < -0.39 is 0 Å². The van der Waals surface area contributed by atoms with Gasteiger partial charge in [-0.05, 0) is 59.5 Å². The molecule has 6 rings (SSSR count). The fourth-order valence-electron chi connectivity index (χ4n) is 3.89. The van der Waals surface area contributed by atoms with Crippen LogP contribution in [-0.2, 0) is 13.2 Å². The Morgan fingerprint density at radius 2 is 1.89 bits per heavy atom. The van der Waals surface area contributed by atoms with Crippen LogP contribution in [0.1, 0.15) is 11.3 Å². The molecule has 0 fully saturated rings. The highest BCUT2D eigenvalue weighted by Crippen LogP contribution is 2.33. The van der Waals surface area contributed by atoms with E-state index in [2.05, 4.69) is 16.4 Å². The van der Waals surface area contributed by atoms with Crippen LogP contribution < -0.4 is 5.32 Å². The van der Waals surface area contributed by atoms with Crippen molar-refractivity contribution < 1.29 is 9.50 Å². The monoisotopic (exact) mass is 514 g/mol. The van der Waals surface area contributed by atoms with Crippen LogP contribution in [0.5, 0.6) is 0 Å². The fourth-order valence-corrected chi connectivity index (χ4v) is 5.52. The fraction of sp³-hybridized carbons (Fsp3) is 0.0769. The van der Waals surface area contributed by atoms with Crippen LogP contribution in [0.15, 0.2) is 77.8 Å². The van der Waals surface area contributed by atoms with Crippen molar-refractivity contribution in [2.45, 2.75) is 13.2 Å². The lowest BCUT2D eigenvalue weighted by atomic mass is 10.1. The van der Waals surface area contributed by atoms with Gasteiger partial charge in [0.25, 0.3) is 0 Å². The molecule has 0 aliphatic carbocycles. The van der Waals surface area contributed by atoms with E-state index in [0.717, 1.165) is 32.4 Å². The Balaban J connectivity index is 1.35. The predicted octanol–water partition coefficient (Wildman–Crippen LogP) is 5.89. The summed E-state index contributed by atoms with van der Waals surface area (Å²) in [5, 5.41) is 17.9. The molecule has 0 aliphatic heterocycles. The minimum Gasteiger partial charge on any atom is -0.392 e. The third-order valence-electron chi connectivity index (χ3n) is 5.60. The first-order chi connectivity index (χ1) is 17.7. The Morgan fingerprint density at radius 3 is 2.69 bits per heavy atom. The van der Waals surface area contributed by atoms with Crippen LogP contribution in [0.3, 0.4) is 0 Å². The number of aliphatic hydroxyl groups is 1. The van der Waals surface area contributed by atoms with E-state index in [1.54, 1.807) is 41.0 Å². The number of hydrogen-bond acceptors (Lipinski definition) is 8. The second-order valence-corrected chi connectivity index (χ2v) is 9.78. The smallest absolute Gasteiger partial charge is 0.223 e. The number of fused-ring (bicyclic) bond motifs is 1. The first-order valence-electron chi connectivity index (χ1n) is 11.1. The van der Waals surface area contributed by atoms with Gasteiger partial charge in [-0.25, -0.2) is 24.3 Å². The summed E-state index contributed by atoms with van der Waals surface area (Å²) >= 11 is 3.28. The minimum absolute atomic E-state index is 0.0863. The van der Waals surface area contributed by atoms with Crippen LogP contribution in [-0.4, -0.2) is 29.4 Å². The number of nitrogens with one attached hydrogen (secondary N) is 1. The third-order valence-corrected chi connectivity index (χ3v) is 7.53. The molecule has 0 atom stereocenters. The summed E-state index contributed by atoms with van der Waals surface area (Å²) < 4.78 is 15.5. The number of benzene rings is 1. The number of pyridine rings is 1. The van der Waals surface area contributed by atoms with Crippen LogP contribution >= 0.6 is 22.7 Å². The Kier molecular flexibility index (Phi) is 5.98. The number of halogens is 1. The standard InChI is InChI=1S/C26H19FN6OS2/c27-18-5-3-17(4-6-18)23-24(33-10-8-16(14-34)12-22(33)32-23)20-7-9-28-26(31-20)29-13-19-15-36-25(30-19)21-2-1-11-35-21/h1-12,15,34H,13-14H2,(H,28,29,31). The number of imidazole rings is 1. The first kappa shape index (κ1) is 22.5. The molecule has 0 saturated heterocycles. The van der Waals surface area contributed by atoms with E-state index >= 15 is 0 Å². The Labute approximate surface area is 213 Å². The lowest BCUT2D eigenvalue weighted by Crippen LogP contribution is -2.05. The van der Waals surface area contributed by atoms with Gasteiger partial charge in [0.05, 0.1) is 40.8 Å². The van der Waals surface area contributed by atoms with Crippen LogP contribution in [0.2, 0.25) is 0 Å². The molecule has 2 N–H and O–H groups in total. The maximum absolute atomic E-state index is 13.6. The van der Waals surface area contributed by atoms with Crippen LogP contribution in [0.4, 0.5) is 10.3 Å². The van der Waals surface area contributed by atoms with E-state index in [0.29, 0.717) is 29.5 Å². The molecule has 0 unspecified atom stereocenters. The molecule has 10 heteroatoms. The molecule has 5 aromatic heterocycles. The minimum atomic E-state index is -0.315. The summed E-state index contributed by atoms with van der Waals surface area (Å²) in [6.45, 7) is 0.403. The molecule has 0 saturated carbocycles. The van der Waals surface area contributed by atoms with Gasteiger partial charge in [0.2, 0.25) is 5.95 Å². The Hall–Kier alpha value is -3.99. The van der Waals surface area contributed by atoms with E-state index in [1.165, 1.54) is 12.1 Å². The highest BCUT2D eigenvalue weighted by molar-refractivity contribution is 7.20. The molecule has 36 heavy (non-hydrogen) atoms. The summed E-state index contributed by atoms with van der Waals surface area (Å²) in [7, 11) is 0. The van der Waals surface area contributed by atoms with E-state index in [-0.39, 0.29) is 12.4 Å². The average Bonchev–Trinajstić information content (AvgIpc) is 3.67. The molecule has 6 aromatic rings. The number of rotatable bonds is 7. The first-order valence-corrected chi connectivity index (χ1v) is 12.9. The number of aliphatic hydroxyl groups excluding tert-OH is 1. The summed E-state index contributed by atoms with van der Waals surface area (Å²) in [6.07, 6.45) is 3.55. The zero-order valence-electron chi connectivity index (χ0n) is 18.8. The molecule has 0 radical (unpaired) electrons. The second kappa shape index (κ2) is 9.57. The van der Waals surface area contributed by atoms with Gasteiger partial charge in [0.1, 0.15) is 16.5 Å². The van der Waals surface area contributed by atoms with E-state index in [4.69, 9.17) is 15.0 Å². The van der Waals surface area contributed by atoms with Crippen molar-refractivity contribution in [1.29, 1.82) is 0 Å². The van der Waals surface area contributed by atoms with Gasteiger partial charge in [0.15, 0.2) is 0 Å². The molecule has 0 aliphatic rings. The van der Waals surface area contributed by atoms with Crippen LogP contribution in [0, 0.1) is 5.82 Å². The molecule has 5 heterocycles. The highest BCUT2D eigenvalue weighted by Gasteiger charge is 2.18. The highest BCUT2D eigenvalue weighted by atomic mass is 32.1. The van der Waals surface area contributed by atoms with E-state index in [1.807, 2.05) is 45.6 Å². The zero-order chi connectivity index (χ0) is 24.5. The predicted molar refractivity (Wildman–Crippen MR) is 140 cm³/mol.